The first kappa shape index (κ1) is 25.0. The molecule has 3 nitrogen and oxygen atoms in total. The molecule has 0 amide bonds. The predicted molar refractivity (Wildman–Crippen MR) is 147 cm³/mol. The number of ketones is 1. The van der Waals surface area contributed by atoms with Crippen molar-refractivity contribution in [3.63, 3.8) is 0 Å². The van der Waals surface area contributed by atoms with Crippen molar-refractivity contribution < 1.29 is 4.79 Å². The molecule has 0 heterocycles. The average Bonchev–Trinajstić information content (AvgIpc) is 2.79. The number of nitrogens with one attached hydrogen (secondary N) is 2. The number of carbonyl (C=O) groups is 1. The van der Waals surface area contributed by atoms with Gasteiger partial charge in [-0.1, -0.05) is 87.0 Å². The summed E-state index contributed by atoms with van der Waals surface area (Å²) < 4.78 is 0. The molecule has 2 N–H and O–H groups in total. The Kier molecular flexibility index (Phi) is 8.70. The second kappa shape index (κ2) is 11.5. The van der Waals surface area contributed by atoms with Crippen LogP contribution < -0.4 is 10.6 Å². The Balaban J connectivity index is 1.48. The van der Waals surface area contributed by atoms with E-state index in [0.29, 0.717) is 16.2 Å². The van der Waals surface area contributed by atoms with E-state index < -0.39 is 0 Å². The van der Waals surface area contributed by atoms with E-state index in [1.54, 1.807) is 0 Å². The number of hydrogen-bond donors (Lipinski definition) is 2. The Labute approximate surface area is 207 Å². The van der Waals surface area contributed by atoms with Crippen LogP contribution in [0, 0.1) is 6.92 Å². The molecule has 0 aliphatic heterocycles. The van der Waals surface area contributed by atoms with Crippen LogP contribution in [0.15, 0.2) is 72.8 Å². The number of carbonyl (C=O) groups excluding carboxylic acids is 1. The molecule has 0 aliphatic carbocycles. The minimum absolute atomic E-state index is 0.00509. The Hall–Kier alpha value is -2.63. The molecule has 3 aromatic carbocycles. The van der Waals surface area contributed by atoms with Crippen LogP contribution in [-0.2, 0) is 11.2 Å². The summed E-state index contributed by atoms with van der Waals surface area (Å²) in [4.78, 5) is 12.9. The van der Waals surface area contributed by atoms with Gasteiger partial charge in [-0.05, 0) is 47.8 Å². The van der Waals surface area contributed by atoms with Gasteiger partial charge in [0.2, 0.25) is 0 Å². The monoisotopic (exact) mass is 476 g/mol. The molecule has 0 aliphatic rings. The fraction of sp³-hybridized carbons (Fsp3) is 0.286. The third-order valence-electron chi connectivity index (χ3n) is 5.32. The van der Waals surface area contributed by atoms with Gasteiger partial charge in [0.15, 0.2) is 10.9 Å². The molecule has 5 heteroatoms. The molecule has 0 spiro atoms. The van der Waals surface area contributed by atoms with Gasteiger partial charge in [0.1, 0.15) is 0 Å². The standard InChI is InChI=1S/C28H32N2OS2/c1-20-8-10-21(11-9-20)19-33-17-16-29-27(32)30-25-7-5-6-23(18-25)26(31)22-12-14-24(15-13-22)28(2,3)4/h5-15,18H,16-17,19H2,1-4H3,(H2,29,30,32). The highest BCUT2D eigenvalue weighted by atomic mass is 32.2. The molecule has 0 aromatic heterocycles. The first-order valence-corrected chi connectivity index (χ1v) is 12.7. The van der Waals surface area contributed by atoms with Gasteiger partial charge < -0.3 is 10.6 Å². The molecule has 0 atom stereocenters. The zero-order valence-electron chi connectivity index (χ0n) is 19.8. The molecule has 0 unspecified atom stereocenters. The summed E-state index contributed by atoms with van der Waals surface area (Å²) in [5, 5.41) is 6.99. The first-order chi connectivity index (χ1) is 15.7. The van der Waals surface area contributed by atoms with Crippen molar-refractivity contribution in [1.29, 1.82) is 0 Å². The van der Waals surface area contributed by atoms with E-state index in [4.69, 9.17) is 12.2 Å². The molecule has 0 radical (unpaired) electrons. The van der Waals surface area contributed by atoms with E-state index in [1.165, 1.54) is 16.7 Å². The quantitative estimate of drug-likeness (QED) is 0.214. The van der Waals surface area contributed by atoms with Crippen LogP contribution in [0.3, 0.4) is 0 Å². The van der Waals surface area contributed by atoms with Crippen LogP contribution in [0.4, 0.5) is 5.69 Å². The Morgan fingerprint density at radius 2 is 1.64 bits per heavy atom. The van der Waals surface area contributed by atoms with Crippen molar-refractivity contribution in [3.05, 3.63) is 101 Å². The number of rotatable bonds is 8. The smallest absolute Gasteiger partial charge is 0.193 e. The third kappa shape index (κ3) is 7.72. The van der Waals surface area contributed by atoms with E-state index in [9.17, 15) is 4.79 Å². The summed E-state index contributed by atoms with van der Waals surface area (Å²) in [5.41, 5.74) is 6.02. The third-order valence-corrected chi connectivity index (χ3v) is 6.59. The highest BCUT2D eigenvalue weighted by molar-refractivity contribution is 7.98. The summed E-state index contributed by atoms with van der Waals surface area (Å²) in [7, 11) is 0. The van der Waals surface area contributed by atoms with Gasteiger partial charge in [-0.3, -0.25) is 4.79 Å². The van der Waals surface area contributed by atoms with E-state index in [2.05, 4.69) is 62.6 Å². The Bertz CT molecular complexity index is 1080. The maximum absolute atomic E-state index is 12.9. The van der Waals surface area contributed by atoms with Gasteiger partial charge in [0.05, 0.1) is 0 Å². The molecule has 0 saturated carbocycles. The van der Waals surface area contributed by atoms with E-state index in [-0.39, 0.29) is 11.2 Å². The van der Waals surface area contributed by atoms with Crippen LogP contribution in [0.5, 0.6) is 0 Å². The molecule has 172 valence electrons. The van der Waals surface area contributed by atoms with Crippen molar-refractivity contribution in [1.82, 2.24) is 5.32 Å². The van der Waals surface area contributed by atoms with Crippen molar-refractivity contribution >= 4 is 40.6 Å². The van der Waals surface area contributed by atoms with Gasteiger partial charge in [-0.15, -0.1) is 0 Å². The molecule has 0 fully saturated rings. The normalized spacial score (nSPS) is 11.2. The van der Waals surface area contributed by atoms with Gasteiger partial charge >= 0.3 is 0 Å². The summed E-state index contributed by atoms with van der Waals surface area (Å²) in [6, 6.07) is 24.0. The lowest BCUT2D eigenvalue weighted by molar-refractivity contribution is 0.103. The van der Waals surface area contributed by atoms with Gasteiger partial charge in [0.25, 0.3) is 0 Å². The van der Waals surface area contributed by atoms with Gasteiger partial charge in [0, 0.05) is 34.9 Å². The number of anilines is 1. The Morgan fingerprint density at radius 3 is 2.30 bits per heavy atom. The van der Waals surface area contributed by atoms with Crippen LogP contribution in [0.1, 0.15) is 53.4 Å². The zero-order valence-corrected chi connectivity index (χ0v) is 21.4. The number of thioether (sulfide) groups is 1. The maximum atomic E-state index is 12.9. The SMILES string of the molecule is Cc1ccc(CSCCNC(=S)Nc2cccc(C(=O)c3ccc(C(C)(C)C)cc3)c2)cc1. The molecular formula is C28H32N2OS2. The van der Waals surface area contributed by atoms with Crippen molar-refractivity contribution in [2.45, 2.75) is 38.9 Å². The second-order valence-electron chi connectivity index (χ2n) is 9.16. The molecule has 0 bridgehead atoms. The van der Waals surface area contributed by atoms with Crippen molar-refractivity contribution in [2.75, 3.05) is 17.6 Å². The average molecular weight is 477 g/mol. The summed E-state index contributed by atoms with van der Waals surface area (Å²) in [5.74, 6) is 1.95. The number of benzene rings is 3. The van der Waals surface area contributed by atoms with Crippen molar-refractivity contribution in [2.24, 2.45) is 0 Å². The van der Waals surface area contributed by atoms with Crippen LogP contribution in [0.25, 0.3) is 0 Å². The fourth-order valence-corrected chi connectivity index (χ4v) is 4.35. The van der Waals surface area contributed by atoms with Crippen molar-refractivity contribution in [3.8, 4) is 0 Å². The highest BCUT2D eigenvalue weighted by Gasteiger charge is 2.15. The minimum atomic E-state index is 0.00509. The summed E-state index contributed by atoms with van der Waals surface area (Å²) in [6.07, 6.45) is 0. The van der Waals surface area contributed by atoms with Crippen LogP contribution in [0.2, 0.25) is 0 Å². The predicted octanol–water partition coefficient (Wildman–Crippen LogP) is 6.74. The topological polar surface area (TPSA) is 41.1 Å². The summed E-state index contributed by atoms with van der Waals surface area (Å²) >= 11 is 7.30. The number of hydrogen-bond acceptors (Lipinski definition) is 3. The van der Waals surface area contributed by atoms with E-state index in [1.807, 2.05) is 60.3 Å². The molecule has 0 saturated heterocycles. The lowest BCUT2D eigenvalue weighted by Gasteiger charge is -2.19. The molecular weight excluding hydrogens is 444 g/mol. The lowest BCUT2D eigenvalue weighted by Crippen LogP contribution is -2.30. The fourth-order valence-electron chi connectivity index (χ4n) is 3.31. The molecule has 3 rings (SSSR count). The number of thiocarbonyl (C=S) groups is 1. The van der Waals surface area contributed by atoms with Gasteiger partial charge in [-0.25, -0.2) is 0 Å². The zero-order chi connectivity index (χ0) is 23.8. The molecule has 3 aromatic rings. The maximum Gasteiger partial charge on any atom is 0.193 e. The van der Waals surface area contributed by atoms with Crippen LogP contribution >= 0.6 is 24.0 Å². The number of aryl methyl sites for hydroxylation is 1. The van der Waals surface area contributed by atoms with E-state index >= 15 is 0 Å². The largest absolute Gasteiger partial charge is 0.362 e. The minimum Gasteiger partial charge on any atom is -0.362 e. The van der Waals surface area contributed by atoms with E-state index in [0.717, 1.165) is 23.7 Å². The highest BCUT2D eigenvalue weighted by Crippen LogP contribution is 2.23. The van der Waals surface area contributed by atoms with Gasteiger partial charge in [-0.2, -0.15) is 11.8 Å². The second-order valence-corrected chi connectivity index (χ2v) is 10.7. The first-order valence-electron chi connectivity index (χ1n) is 11.2. The van der Waals surface area contributed by atoms with Crippen LogP contribution in [-0.4, -0.2) is 23.2 Å². The summed E-state index contributed by atoms with van der Waals surface area (Å²) in [6.45, 7) is 9.38. The lowest BCUT2D eigenvalue weighted by atomic mass is 9.86. The Morgan fingerprint density at radius 1 is 0.939 bits per heavy atom. The molecule has 33 heavy (non-hydrogen) atoms.